The van der Waals surface area contributed by atoms with Gasteiger partial charge in [0.05, 0.1) is 6.54 Å². The molecule has 0 saturated heterocycles. The summed E-state index contributed by atoms with van der Waals surface area (Å²) in [6.45, 7) is 5.72. The van der Waals surface area contributed by atoms with Crippen molar-refractivity contribution < 1.29 is 9.59 Å². The van der Waals surface area contributed by atoms with Crippen molar-refractivity contribution in [1.82, 2.24) is 20.0 Å². The normalized spacial score (nSPS) is 12.5. The number of carbonyl (C=O) groups is 2. The van der Waals surface area contributed by atoms with Crippen LogP contribution in [-0.4, -0.2) is 45.6 Å². The first-order chi connectivity index (χ1) is 11.3. The van der Waals surface area contributed by atoms with Crippen LogP contribution >= 0.6 is 0 Å². The van der Waals surface area contributed by atoms with Crippen LogP contribution in [0.3, 0.4) is 0 Å². The zero-order valence-corrected chi connectivity index (χ0v) is 14.6. The Balaban J connectivity index is 2.18. The number of aromatic nitrogens is 2. The van der Waals surface area contributed by atoms with Gasteiger partial charge >= 0.3 is 0 Å². The molecule has 1 heterocycles. The molecule has 1 aromatic carbocycles. The SMILES string of the molecule is CN(CC(=O)NC(C)(C)C)C(=O)[C@@H](c1ccccc1)n1cccn1. The molecule has 0 aliphatic carbocycles. The van der Waals surface area contributed by atoms with Crippen molar-refractivity contribution in [3.8, 4) is 0 Å². The minimum Gasteiger partial charge on any atom is -0.350 e. The number of nitrogens with zero attached hydrogens (tertiary/aromatic N) is 3. The molecule has 0 radical (unpaired) electrons. The van der Waals surface area contributed by atoms with Gasteiger partial charge in [-0.05, 0) is 32.4 Å². The molecule has 2 rings (SSSR count). The number of hydrogen-bond donors (Lipinski definition) is 1. The van der Waals surface area contributed by atoms with Crippen molar-refractivity contribution in [3.63, 3.8) is 0 Å². The van der Waals surface area contributed by atoms with E-state index in [0.717, 1.165) is 5.56 Å². The van der Waals surface area contributed by atoms with Crippen LogP contribution < -0.4 is 5.32 Å². The van der Waals surface area contributed by atoms with Crippen LogP contribution in [0.25, 0.3) is 0 Å². The molecule has 0 fully saturated rings. The predicted molar refractivity (Wildman–Crippen MR) is 92.3 cm³/mol. The molecular formula is C18H24N4O2. The second kappa shape index (κ2) is 7.29. The van der Waals surface area contributed by atoms with E-state index in [1.165, 1.54) is 4.90 Å². The zero-order valence-electron chi connectivity index (χ0n) is 14.6. The molecule has 1 aromatic heterocycles. The fourth-order valence-corrected chi connectivity index (χ4v) is 2.44. The summed E-state index contributed by atoms with van der Waals surface area (Å²) in [5.41, 5.74) is 0.496. The highest BCUT2D eigenvalue weighted by Gasteiger charge is 2.27. The van der Waals surface area contributed by atoms with E-state index < -0.39 is 6.04 Å². The summed E-state index contributed by atoms with van der Waals surface area (Å²) >= 11 is 0. The minimum absolute atomic E-state index is 0.000700. The van der Waals surface area contributed by atoms with E-state index in [2.05, 4.69) is 10.4 Å². The lowest BCUT2D eigenvalue weighted by Gasteiger charge is -2.26. The summed E-state index contributed by atoms with van der Waals surface area (Å²) in [6.07, 6.45) is 3.38. The van der Waals surface area contributed by atoms with Crippen molar-refractivity contribution in [2.45, 2.75) is 32.4 Å². The van der Waals surface area contributed by atoms with Gasteiger partial charge in [-0.15, -0.1) is 0 Å². The molecule has 2 amide bonds. The lowest BCUT2D eigenvalue weighted by Crippen LogP contribution is -2.47. The van der Waals surface area contributed by atoms with Crippen LogP contribution in [0.4, 0.5) is 0 Å². The van der Waals surface area contributed by atoms with E-state index in [-0.39, 0.29) is 23.9 Å². The van der Waals surface area contributed by atoms with E-state index >= 15 is 0 Å². The van der Waals surface area contributed by atoms with Crippen LogP contribution in [0.2, 0.25) is 0 Å². The smallest absolute Gasteiger partial charge is 0.252 e. The second-order valence-corrected chi connectivity index (χ2v) is 6.79. The number of nitrogens with one attached hydrogen (secondary N) is 1. The zero-order chi connectivity index (χ0) is 17.7. The molecule has 1 N–H and O–H groups in total. The Morgan fingerprint density at radius 2 is 1.88 bits per heavy atom. The molecular weight excluding hydrogens is 304 g/mol. The first-order valence-corrected chi connectivity index (χ1v) is 7.88. The maximum Gasteiger partial charge on any atom is 0.252 e. The Morgan fingerprint density at radius 3 is 2.42 bits per heavy atom. The molecule has 0 aliphatic heterocycles. The van der Waals surface area contributed by atoms with Crippen molar-refractivity contribution in [2.24, 2.45) is 0 Å². The van der Waals surface area contributed by atoms with Crippen LogP contribution in [0.1, 0.15) is 32.4 Å². The number of amides is 2. The van der Waals surface area contributed by atoms with Crippen LogP contribution in [0.5, 0.6) is 0 Å². The van der Waals surface area contributed by atoms with E-state index in [9.17, 15) is 9.59 Å². The summed E-state index contributed by atoms with van der Waals surface area (Å²) in [6, 6.07) is 10.6. The number of carbonyl (C=O) groups excluding carboxylic acids is 2. The molecule has 0 bridgehead atoms. The van der Waals surface area contributed by atoms with E-state index in [0.29, 0.717) is 0 Å². The third-order valence-corrected chi connectivity index (χ3v) is 3.41. The number of likely N-dealkylation sites (N-methyl/N-ethyl adjacent to an activating group) is 1. The quantitative estimate of drug-likeness (QED) is 0.911. The molecule has 6 heteroatoms. The number of benzene rings is 1. The van der Waals surface area contributed by atoms with Gasteiger partial charge in [-0.3, -0.25) is 14.3 Å². The number of rotatable bonds is 5. The Labute approximate surface area is 142 Å². The van der Waals surface area contributed by atoms with E-state index in [4.69, 9.17) is 0 Å². The molecule has 2 aromatic rings. The van der Waals surface area contributed by atoms with Gasteiger partial charge in [-0.25, -0.2) is 0 Å². The highest BCUT2D eigenvalue weighted by molar-refractivity contribution is 5.88. The van der Waals surface area contributed by atoms with Gasteiger partial charge in [0, 0.05) is 25.0 Å². The highest BCUT2D eigenvalue weighted by Crippen LogP contribution is 2.19. The lowest BCUT2D eigenvalue weighted by molar-refractivity contribution is -0.137. The lowest BCUT2D eigenvalue weighted by atomic mass is 10.1. The van der Waals surface area contributed by atoms with Gasteiger partial charge in [0.1, 0.15) is 0 Å². The van der Waals surface area contributed by atoms with Crippen LogP contribution in [0, 0.1) is 0 Å². The first kappa shape index (κ1) is 17.7. The van der Waals surface area contributed by atoms with Crippen molar-refractivity contribution in [1.29, 1.82) is 0 Å². The number of hydrogen-bond acceptors (Lipinski definition) is 3. The molecule has 1 atom stereocenters. The van der Waals surface area contributed by atoms with Gasteiger partial charge in [0.25, 0.3) is 5.91 Å². The van der Waals surface area contributed by atoms with E-state index in [1.807, 2.05) is 51.1 Å². The molecule has 0 unspecified atom stereocenters. The average Bonchev–Trinajstić information content (AvgIpc) is 3.00. The van der Waals surface area contributed by atoms with Crippen LogP contribution in [0.15, 0.2) is 48.8 Å². The van der Waals surface area contributed by atoms with Crippen molar-refractivity contribution in [3.05, 3.63) is 54.4 Å². The van der Waals surface area contributed by atoms with Gasteiger partial charge in [-0.1, -0.05) is 30.3 Å². The minimum atomic E-state index is -0.589. The monoisotopic (exact) mass is 328 g/mol. The Kier molecular flexibility index (Phi) is 5.39. The fourth-order valence-electron chi connectivity index (χ4n) is 2.44. The van der Waals surface area contributed by atoms with Gasteiger partial charge in [-0.2, -0.15) is 5.10 Å². The predicted octanol–water partition coefficient (Wildman–Crippen LogP) is 1.85. The Hall–Kier alpha value is -2.63. The molecule has 0 aliphatic rings. The van der Waals surface area contributed by atoms with Gasteiger partial charge in [0.2, 0.25) is 5.91 Å². The molecule has 128 valence electrons. The molecule has 6 nitrogen and oxygen atoms in total. The third-order valence-electron chi connectivity index (χ3n) is 3.41. The topological polar surface area (TPSA) is 67.2 Å². The largest absolute Gasteiger partial charge is 0.350 e. The molecule has 0 saturated carbocycles. The third kappa shape index (κ3) is 4.68. The standard InChI is InChI=1S/C18H24N4O2/c1-18(2,3)20-15(23)13-21(4)17(24)16(22-12-8-11-19-22)14-9-6-5-7-10-14/h5-12,16H,13H2,1-4H3,(H,20,23)/t16-/m1/s1. The van der Waals surface area contributed by atoms with Crippen LogP contribution in [-0.2, 0) is 9.59 Å². The van der Waals surface area contributed by atoms with Gasteiger partial charge in [0.15, 0.2) is 6.04 Å². The van der Waals surface area contributed by atoms with E-state index in [1.54, 1.807) is 30.2 Å². The summed E-state index contributed by atoms with van der Waals surface area (Å²) in [7, 11) is 1.63. The highest BCUT2D eigenvalue weighted by atomic mass is 16.2. The van der Waals surface area contributed by atoms with Crippen molar-refractivity contribution >= 4 is 11.8 Å². The fraction of sp³-hybridized carbons (Fsp3) is 0.389. The molecule has 0 spiro atoms. The maximum absolute atomic E-state index is 12.9. The summed E-state index contributed by atoms with van der Waals surface area (Å²) in [5, 5.41) is 7.07. The average molecular weight is 328 g/mol. The van der Waals surface area contributed by atoms with Crippen molar-refractivity contribution in [2.75, 3.05) is 13.6 Å². The van der Waals surface area contributed by atoms with Gasteiger partial charge < -0.3 is 10.2 Å². The summed E-state index contributed by atoms with van der Waals surface area (Å²) in [4.78, 5) is 26.5. The second-order valence-electron chi connectivity index (χ2n) is 6.79. The molecule has 24 heavy (non-hydrogen) atoms. The Bertz CT molecular complexity index is 675. The summed E-state index contributed by atoms with van der Waals surface area (Å²) < 4.78 is 1.61. The maximum atomic E-state index is 12.9. The Morgan fingerprint density at radius 1 is 1.21 bits per heavy atom. The summed E-state index contributed by atoms with van der Waals surface area (Å²) in [5.74, 6) is -0.375. The first-order valence-electron chi connectivity index (χ1n) is 7.88.